The molecule has 1 aliphatic carbocycles. The Morgan fingerprint density at radius 2 is 1.72 bits per heavy atom. The molecule has 0 radical (unpaired) electrons. The highest BCUT2D eigenvalue weighted by molar-refractivity contribution is 9.10. The van der Waals surface area contributed by atoms with E-state index in [2.05, 4.69) is 21.2 Å². The molecule has 0 unspecified atom stereocenters. The van der Waals surface area contributed by atoms with Crippen LogP contribution in [-0.2, 0) is 16.1 Å². The van der Waals surface area contributed by atoms with Crippen LogP contribution in [0.25, 0.3) is 0 Å². The molecule has 1 saturated carbocycles. The summed E-state index contributed by atoms with van der Waals surface area (Å²) < 4.78 is 6.88. The van der Waals surface area contributed by atoms with E-state index < -0.39 is 6.04 Å². The number of nitrogens with one attached hydrogen (secondary N) is 1. The molecule has 0 bridgehead atoms. The van der Waals surface area contributed by atoms with Gasteiger partial charge in [0, 0.05) is 17.1 Å². The number of carbonyl (C=O) groups is 2. The van der Waals surface area contributed by atoms with Crippen LogP contribution in [0.1, 0.15) is 55.7 Å². The molecule has 32 heavy (non-hydrogen) atoms. The van der Waals surface area contributed by atoms with Gasteiger partial charge in [0.1, 0.15) is 11.8 Å². The van der Waals surface area contributed by atoms with Crippen LogP contribution in [0.3, 0.4) is 0 Å². The molecule has 0 spiro atoms. The summed E-state index contributed by atoms with van der Waals surface area (Å²) in [4.78, 5) is 27.8. The lowest BCUT2D eigenvalue weighted by Crippen LogP contribution is -2.51. The SMILES string of the molecule is Cc1cc(OCC(=O)N(Cc2ccccc2)[C@@H](C)C(=O)NC2CCCCC2)cc(C)c1Br. The summed E-state index contributed by atoms with van der Waals surface area (Å²) in [6, 6.07) is 13.2. The van der Waals surface area contributed by atoms with Gasteiger partial charge >= 0.3 is 0 Å². The fourth-order valence-electron chi connectivity index (χ4n) is 4.15. The molecule has 1 fully saturated rings. The number of benzene rings is 2. The van der Waals surface area contributed by atoms with Crippen molar-refractivity contribution >= 4 is 27.7 Å². The normalized spacial score (nSPS) is 15.1. The van der Waals surface area contributed by atoms with Crippen LogP contribution in [0.4, 0.5) is 0 Å². The first kappa shape index (κ1) is 24.3. The first-order chi connectivity index (χ1) is 15.3. The third-order valence-corrected chi connectivity index (χ3v) is 7.34. The summed E-state index contributed by atoms with van der Waals surface area (Å²) in [7, 11) is 0. The van der Waals surface area contributed by atoms with Gasteiger partial charge in [-0.2, -0.15) is 0 Å². The fraction of sp³-hybridized carbons (Fsp3) is 0.462. The first-order valence-corrected chi connectivity index (χ1v) is 12.2. The largest absolute Gasteiger partial charge is 0.484 e. The number of hydrogen-bond donors (Lipinski definition) is 1. The van der Waals surface area contributed by atoms with Gasteiger partial charge in [-0.05, 0) is 62.4 Å². The van der Waals surface area contributed by atoms with Crippen molar-refractivity contribution < 1.29 is 14.3 Å². The van der Waals surface area contributed by atoms with Crippen LogP contribution in [0, 0.1) is 13.8 Å². The van der Waals surface area contributed by atoms with Gasteiger partial charge in [-0.3, -0.25) is 9.59 Å². The molecule has 0 saturated heterocycles. The highest BCUT2D eigenvalue weighted by Gasteiger charge is 2.28. The molecule has 6 heteroatoms. The van der Waals surface area contributed by atoms with E-state index in [1.54, 1.807) is 11.8 Å². The quantitative estimate of drug-likeness (QED) is 0.534. The first-order valence-electron chi connectivity index (χ1n) is 11.4. The predicted octanol–water partition coefficient (Wildman–Crippen LogP) is 5.31. The van der Waals surface area contributed by atoms with Crippen molar-refractivity contribution in [2.24, 2.45) is 0 Å². The van der Waals surface area contributed by atoms with Gasteiger partial charge in [-0.15, -0.1) is 0 Å². The standard InChI is InChI=1S/C26H33BrN2O3/c1-18-14-23(15-19(2)25(18)27)32-17-24(30)29(16-21-10-6-4-7-11-21)20(3)26(31)28-22-12-8-5-9-13-22/h4,6-7,10-11,14-15,20,22H,5,8-9,12-13,16-17H2,1-3H3,(H,28,31)/t20-/m0/s1. The maximum Gasteiger partial charge on any atom is 0.261 e. The lowest BCUT2D eigenvalue weighted by atomic mass is 9.95. The highest BCUT2D eigenvalue weighted by atomic mass is 79.9. The van der Waals surface area contributed by atoms with Gasteiger partial charge in [-0.1, -0.05) is 65.5 Å². The van der Waals surface area contributed by atoms with Gasteiger partial charge < -0.3 is 15.0 Å². The molecule has 2 aromatic rings. The van der Waals surface area contributed by atoms with Crippen LogP contribution in [-0.4, -0.2) is 35.4 Å². The van der Waals surface area contributed by atoms with Gasteiger partial charge in [0.05, 0.1) is 0 Å². The third-order valence-electron chi connectivity index (χ3n) is 6.09. The zero-order chi connectivity index (χ0) is 23.1. The van der Waals surface area contributed by atoms with E-state index in [4.69, 9.17) is 4.74 Å². The van der Waals surface area contributed by atoms with E-state index in [1.807, 2.05) is 56.3 Å². The zero-order valence-electron chi connectivity index (χ0n) is 19.2. The number of nitrogens with zero attached hydrogens (tertiary/aromatic N) is 1. The Balaban J connectivity index is 1.70. The predicted molar refractivity (Wildman–Crippen MR) is 131 cm³/mol. The van der Waals surface area contributed by atoms with Crippen LogP contribution < -0.4 is 10.1 Å². The van der Waals surface area contributed by atoms with E-state index in [-0.39, 0.29) is 24.5 Å². The summed E-state index contributed by atoms with van der Waals surface area (Å²) in [5, 5.41) is 3.16. The monoisotopic (exact) mass is 500 g/mol. The fourth-order valence-corrected chi connectivity index (χ4v) is 4.38. The summed E-state index contributed by atoms with van der Waals surface area (Å²) in [6.07, 6.45) is 5.54. The maximum atomic E-state index is 13.2. The Hall–Kier alpha value is -2.34. The molecule has 172 valence electrons. The average molecular weight is 501 g/mol. The molecule has 0 aromatic heterocycles. The van der Waals surface area contributed by atoms with Crippen molar-refractivity contribution in [3.63, 3.8) is 0 Å². The lowest BCUT2D eigenvalue weighted by Gasteiger charge is -2.31. The Bertz CT molecular complexity index is 903. The summed E-state index contributed by atoms with van der Waals surface area (Å²) in [5.41, 5.74) is 3.08. The second-order valence-electron chi connectivity index (χ2n) is 8.69. The van der Waals surface area contributed by atoms with Gasteiger partial charge in [0.15, 0.2) is 6.61 Å². The molecular weight excluding hydrogens is 468 g/mol. The topological polar surface area (TPSA) is 58.6 Å². The minimum atomic E-state index is -0.582. The molecule has 0 heterocycles. The van der Waals surface area contributed by atoms with Crippen molar-refractivity contribution in [3.8, 4) is 5.75 Å². The number of hydrogen-bond acceptors (Lipinski definition) is 3. The Morgan fingerprint density at radius 1 is 1.09 bits per heavy atom. The second kappa shape index (κ2) is 11.5. The van der Waals surface area contributed by atoms with E-state index in [1.165, 1.54) is 6.42 Å². The molecule has 0 aliphatic heterocycles. The van der Waals surface area contributed by atoms with Gasteiger partial charge in [0.25, 0.3) is 5.91 Å². The Labute approximate surface area is 199 Å². The average Bonchev–Trinajstić information content (AvgIpc) is 2.80. The van der Waals surface area contributed by atoms with E-state index in [0.29, 0.717) is 12.3 Å². The smallest absolute Gasteiger partial charge is 0.261 e. The van der Waals surface area contributed by atoms with Crippen molar-refractivity contribution in [1.82, 2.24) is 10.2 Å². The van der Waals surface area contributed by atoms with Crippen LogP contribution in [0.2, 0.25) is 0 Å². The summed E-state index contributed by atoms with van der Waals surface area (Å²) >= 11 is 3.55. The summed E-state index contributed by atoms with van der Waals surface area (Å²) in [6.45, 7) is 6.03. The molecule has 2 amide bonds. The minimum absolute atomic E-state index is 0.100. The number of carbonyl (C=O) groups excluding carboxylic acids is 2. The molecule has 3 rings (SSSR count). The number of aryl methyl sites for hydroxylation is 2. The molecule has 1 aliphatic rings. The van der Waals surface area contributed by atoms with Crippen LogP contribution in [0.5, 0.6) is 5.75 Å². The maximum absolute atomic E-state index is 13.2. The highest BCUT2D eigenvalue weighted by Crippen LogP contribution is 2.26. The number of rotatable bonds is 8. The number of halogens is 1. The van der Waals surface area contributed by atoms with Gasteiger partial charge in [-0.25, -0.2) is 0 Å². The molecular formula is C26H33BrN2O3. The van der Waals surface area contributed by atoms with Crippen LogP contribution >= 0.6 is 15.9 Å². The molecule has 5 nitrogen and oxygen atoms in total. The molecule has 2 aromatic carbocycles. The minimum Gasteiger partial charge on any atom is -0.484 e. The zero-order valence-corrected chi connectivity index (χ0v) is 20.8. The van der Waals surface area contributed by atoms with Crippen LogP contribution in [0.15, 0.2) is 46.9 Å². The lowest BCUT2D eigenvalue weighted by molar-refractivity contribution is -0.142. The van der Waals surface area contributed by atoms with Crippen molar-refractivity contribution in [2.45, 2.75) is 71.5 Å². The van der Waals surface area contributed by atoms with Crippen molar-refractivity contribution in [2.75, 3.05) is 6.61 Å². The molecule has 1 atom stereocenters. The summed E-state index contributed by atoms with van der Waals surface area (Å²) in [5.74, 6) is 0.338. The Morgan fingerprint density at radius 3 is 2.34 bits per heavy atom. The second-order valence-corrected chi connectivity index (χ2v) is 9.48. The van der Waals surface area contributed by atoms with Crippen molar-refractivity contribution in [1.29, 1.82) is 0 Å². The third kappa shape index (κ3) is 6.58. The van der Waals surface area contributed by atoms with Crippen molar-refractivity contribution in [3.05, 3.63) is 63.6 Å². The van der Waals surface area contributed by atoms with E-state index >= 15 is 0 Å². The number of ether oxygens (including phenoxy) is 1. The Kier molecular flexibility index (Phi) is 8.74. The van der Waals surface area contributed by atoms with E-state index in [0.717, 1.165) is 46.8 Å². The number of amides is 2. The van der Waals surface area contributed by atoms with E-state index in [9.17, 15) is 9.59 Å². The molecule has 1 N–H and O–H groups in total. The van der Waals surface area contributed by atoms with Gasteiger partial charge in [0.2, 0.25) is 5.91 Å².